The number of rotatable bonds is 4. The first-order chi connectivity index (χ1) is 13.2. The second-order valence-electron chi connectivity index (χ2n) is 7.52. The van der Waals surface area contributed by atoms with Gasteiger partial charge in [-0.15, -0.1) is 0 Å². The normalized spacial score (nSPS) is 23.1. The zero-order valence-electron chi connectivity index (χ0n) is 15.7. The molecule has 3 aliphatic heterocycles. The molecule has 4 rings (SSSR count). The fourth-order valence-electron chi connectivity index (χ4n) is 4.22. The summed E-state index contributed by atoms with van der Waals surface area (Å²) in [7, 11) is 0. The molecule has 0 saturated carbocycles. The highest BCUT2D eigenvalue weighted by Gasteiger charge is 2.39. The smallest absolute Gasteiger partial charge is 0.223 e. The molecule has 7 heteroatoms. The molecule has 0 atom stereocenters. The molecule has 3 heterocycles. The van der Waals surface area contributed by atoms with Gasteiger partial charge in [0.15, 0.2) is 5.79 Å². The summed E-state index contributed by atoms with van der Waals surface area (Å²) in [5, 5.41) is 0. The molecule has 0 unspecified atom stereocenters. The van der Waals surface area contributed by atoms with E-state index in [2.05, 4.69) is 4.90 Å². The predicted molar refractivity (Wildman–Crippen MR) is 100 cm³/mol. The van der Waals surface area contributed by atoms with Gasteiger partial charge in [0, 0.05) is 65.1 Å². The van der Waals surface area contributed by atoms with Crippen LogP contribution >= 0.6 is 0 Å². The second kappa shape index (κ2) is 8.12. The van der Waals surface area contributed by atoms with E-state index in [0.29, 0.717) is 51.5 Å². The Morgan fingerprint density at radius 3 is 2.33 bits per heavy atom. The average Bonchev–Trinajstić information content (AvgIpc) is 3.16. The first-order valence-electron chi connectivity index (χ1n) is 9.93. The summed E-state index contributed by atoms with van der Waals surface area (Å²) < 4.78 is 25.4. The highest BCUT2D eigenvalue weighted by molar-refractivity contribution is 5.76. The lowest BCUT2D eigenvalue weighted by Gasteiger charge is -2.38. The van der Waals surface area contributed by atoms with Crippen LogP contribution in [0.2, 0.25) is 0 Å². The van der Waals surface area contributed by atoms with Gasteiger partial charge in [-0.05, 0) is 12.1 Å². The number of likely N-dealkylation sites (tertiary alicyclic amines) is 1. The number of anilines is 1. The molecule has 1 aromatic rings. The molecular formula is C20H28FN3O3. The Morgan fingerprint density at radius 2 is 1.67 bits per heavy atom. The molecule has 3 saturated heterocycles. The number of hydrogen-bond donors (Lipinski definition) is 0. The third-order valence-electron chi connectivity index (χ3n) is 5.90. The number of carbonyl (C=O) groups excluding carboxylic acids is 1. The molecule has 6 nitrogen and oxygen atoms in total. The van der Waals surface area contributed by atoms with Crippen molar-refractivity contribution in [3.05, 3.63) is 30.1 Å². The number of piperidine rings is 1. The summed E-state index contributed by atoms with van der Waals surface area (Å²) in [6.07, 6.45) is 2.29. The Morgan fingerprint density at radius 1 is 1.00 bits per heavy atom. The van der Waals surface area contributed by atoms with E-state index >= 15 is 0 Å². The quantitative estimate of drug-likeness (QED) is 0.799. The Labute approximate surface area is 159 Å². The number of piperazine rings is 1. The number of benzene rings is 1. The SMILES string of the molecule is O=C(CCN1CCC2(CC1)OCCO2)N1CCN(c2ccccc2F)CC1. The maximum absolute atomic E-state index is 13.9. The maximum Gasteiger partial charge on any atom is 0.223 e. The number of ether oxygens (including phenoxy) is 2. The van der Waals surface area contributed by atoms with Crippen LogP contribution in [0.15, 0.2) is 24.3 Å². The molecule has 0 aromatic heterocycles. The van der Waals surface area contributed by atoms with Crippen LogP contribution in [0.4, 0.5) is 10.1 Å². The standard InChI is InChI=1S/C20H28FN3O3/c21-17-3-1-2-4-18(17)23-11-13-24(14-12-23)19(25)5-8-22-9-6-20(7-10-22)26-15-16-27-20/h1-4H,5-16H2. The van der Waals surface area contributed by atoms with Crippen molar-refractivity contribution in [2.24, 2.45) is 0 Å². The first-order valence-corrected chi connectivity index (χ1v) is 9.93. The minimum Gasteiger partial charge on any atom is -0.366 e. The molecule has 148 valence electrons. The van der Waals surface area contributed by atoms with Gasteiger partial charge in [-0.2, -0.15) is 0 Å². The molecule has 0 N–H and O–H groups in total. The second-order valence-corrected chi connectivity index (χ2v) is 7.52. The summed E-state index contributed by atoms with van der Waals surface area (Å²) >= 11 is 0. The van der Waals surface area contributed by atoms with Crippen LogP contribution < -0.4 is 4.90 Å². The monoisotopic (exact) mass is 377 g/mol. The Kier molecular flexibility index (Phi) is 5.61. The summed E-state index contributed by atoms with van der Waals surface area (Å²) in [6, 6.07) is 6.83. The van der Waals surface area contributed by atoms with Crippen molar-refractivity contribution in [1.82, 2.24) is 9.80 Å². The van der Waals surface area contributed by atoms with E-state index in [4.69, 9.17) is 9.47 Å². The van der Waals surface area contributed by atoms with Crippen molar-refractivity contribution in [3.8, 4) is 0 Å². The molecule has 3 aliphatic rings. The zero-order valence-corrected chi connectivity index (χ0v) is 15.7. The van der Waals surface area contributed by atoms with Gasteiger partial charge in [-0.25, -0.2) is 4.39 Å². The number of halogens is 1. The van der Waals surface area contributed by atoms with Gasteiger partial charge in [0.05, 0.1) is 18.9 Å². The summed E-state index contributed by atoms with van der Waals surface area (Å²) in [5.74, 6) is -0.365. The molecule has 1 amide bonds. The van der Waals surface area contributed by atoms with Crippen molar-refractivity contribution in [2.45, 2.75) is 25.0 Å². The van der Waals surface area contributed by atoms with Crippen molar-refractivity contribution in [3.63, 3.8) is 0 Å². The lowest BCUT2D eigenvalue weighted by Crippen LogP contribution is -2.50. The van der Waals surface area contributed by atoms with E-state index in [1.54, 1.807) is 12.1 Å². The van der Waals surface area contributed by atoms with Gasteiger partial charge < -0.3 is 24.2 Å². The van der Waals surface area contributed by atoms with Crippen LogP contribution in [0.25, 0.3) is 0 Å². The number of nitrogens with zero attached hydrogens (tertiary/aromatic N) is 3. The van der Waals surface area contributed by atoms with E-state index in [1.807, 2.05) is 15.9 Å². The fourth-order valence-corrected chi connectivity index (χ4v) is 4.22. The molecule has 0 bridgehead atoms. The van der Waals surface area contributed by atoms with Crippen molar-refractivity contribution >= 4 is 11.6 Å². The maximum atomic E-state index is 13.9. The van der Waals surface area contributed by atoms with Crippen LogP contribution in [-0.4, -0.2) is 80.5 Å². The largest absolute Gasteiger partial charge is 0.366 e. The highest BCUT2D eigenvalue weighted by Crippen LogP contribution is 2.31. The van der Waals surface area contributed by atoms with E-state index in [1.165, 1.54) is 6.07 Å². The molecule has 27 heavy (non-hydrogen) atoms. The first kappa shape index (κ1) is 18.7. The average molecular weight is 377 g/mol. The fraction of sp³-hybridized carbons (Fsp3) is 0.650. The van der Waals surface area contributed by atoms with Gasteiger partial charge >= 0.3 is 0 Å². The minimum atomic E-state index is -0.358. The topological polar surface area (TPSA) is 45.3 Å². The molecule has 0 radical (unpaired) electrons. The van der Waals surface area contributed by atoms with Gasteiger partial charge in [-0.3, -0.25) is 4.79 Å². The van der Waals surface area contributed by atoms with Crippen molar-refractivity contribution in [1.29, 1.82) is 0 Å². The molecule has 0 aliphatic carbocycles. The Bertz CT molecular complexity index is 648. The van der Waals surface area contributed by atoms with Crippen LogP contribution in [0.1, 0.15) is 19.3 Å². The summed E-state index contributed by atoms with van der Waals surface area (Å²) in [4.78, 5) is 18.8. The minimum absolute atomic E-state index is 0.192. The lowest BCUT2D eigenvalue weighted by molar-refractivity contribution is -0.185. The molecular weight excluding hydrogens is 349 g/mol. The van der Waals surface area contributed by atoms with E-state index < -0.39 is 0 Å². The zero-order chi connectivity index (χ0) is 18.7. The Hall–Kier alpha value is -1.70. The summed E-state index contributed by atoms with van der Waals surface area (Å²) in [5.41, 5.74) is 0.628. The van der Waals surface area contributed by atoms with Crippen molar-refractivity contribution in [2.75, 3.05) is 63.9 Å². The Balaban J connectivity index is 1.19. The third kappa shape index (κ3) is 4.25. The molecule has 1 aromatic carbocycles. The van der Waals surface area contributed by atoms with Gasteiger partial charge in [0.25, 0.3) is 0 Å². The van der Waals surface area contributed by atoms with Crippen LogP contribution in [0, 0.1) is 5.82 Å². The predicted octanol–water partition coefficient (Wildman–Crippen LogP) is 1.70. The number of amides is 1. The van der Waals surface area contributed by atoms with E-state index in [-0.39, 0.29) is 17.5 Å². The lowest BCUT2D eigenvalue weighted by atomic mass is 10.0. The van der Waals surface area contributed by atoms with Crippen LogP contribution in [0.5, 0.6) is 0 Å². The van der Waals surface area contributed by atoms with Gasteiger partial charge in [-0.1, -0.05) is 12.1 Å². The van der Waals surface area contributed by atoms with Crippen LogP contribution in [-0.2, 0) is 14.3 Å². The van der Waals surface area contributed by atoms with Crippen LogP contribution in [0.3, 0.4) is 0 Å². The van der Waals surface area contributed by atoms with E-state index in [0.717, 1.165) is 32.5 Å². The van der Waals surface area contributed by atoms with E-state index in [9.17, 15) is 9.18 Å². The molecule has 3 fully saturated rings. The number of carbonyl (C=O) groups is 1. The highest BCUT2D eigenvalue weighted by atomic mass is 19.1. The van der Waals surface area contributed by atoms with Crippen molar-refractivity contribution < 1.29 is 18.7 Å². The summed E-state index contributed by atoms with van der Waals surface area (Å²) in [6.45, 7) is 6.64. The number of para-hydroxylation sites is 1. The number of hydrogen-bond acceptors (Lipinski definition) is 5. The molecule has 1 spiro atoms. The van der Waals surface area contributed by atoms with Gasteiger partial charge in [0.2, 0.25) is 5.91 Å². The van der Waals surface area contributed by atoms with Gasteiger partial charge in [0.1, 0.15) is 5.82 Å². The third-order valence-corrected chi connectivity index (χ3v) is 5.90.